The second-order valence-electron chi connectivity index (χ2n) is 6.25. The number of benzene rings is 2. The van der Waals surface area contributed by atoms with Crippen molar-refractivity contribution in [3.8, 4) is 0 Å². The molecule has 3 rings (SSSR count). The molecule has 1 heterocycles. The summed E-state index contributed by atoms with van der Waals surface area (Å²) < 4.78 is 0. The topological polar surface area (TPSA) is 66.1 Å². The Labute approximate surface area is 156 Å². The summed E-state index contributed by atoms with van der Waals surface area (Å²) in [6.07, 6.45) is 0. The number of thioether (sulfide) groups is 1. The van der Waals surface area contributed by atoms with Gasteiger partial charge in [0.05, 0.1) is 23.2 Å². The number of nitrogens with one attached hydrogen (secondary N) is 1. The molecule has 6 heteroatoms. The van der Waals surface area contributed by atoms with E-state index in [1.165, 1.54) is 11.8 Å². The van der Waals surface area contributed by atoms with E-state index in [0.717, 1.165) is 4.90 Å². The van der Waals surface area contributed by atoms with Gasteiger partial charge in [-0.1, -0.05) is 30.3 Å². The number of fused-ring (bicyclic) bond motifs is 1. The zero-order valence-corrected chi connectivity index (χ0v) is 15.6. The standard InChI is InChI=1S/C20H21N3O2S/c1-14(2)23(19(24)13-26-15-8-4-3-5-9-15)12-18-21-17-11-7-6-10-16(17)20(25)22-18/h3-11,14H,12-13H2,1-2H3,(H,21,22,25). The highest BCUT2D eigenvalue weighted by molar-refractivity contribution is 8.00. The molecular formula is C20H21N3O2S. The average Bonchev–Trinajstić information content (AvgIpc) is 2.65. The predicted octanol–water partition coefficient (Wildman–Crippen LogP) is 3.45. The van der Waals surface area contributed by atoms with E-state index in [1.807, 2.05) is 56.3 Å². The molecule has 0 saturated heterocycles. The first-order valence-corrected chi connectivity index (χ1v) is 9.48. The summed E-state index contributed by atoms with van der Waals surface area (Å²) in [7, 11) is 0. The van der Waals surface area contributed by atoms with Gasteiger partial charge in [-0.15, -0.1) is 11.8 Å². The van der Waals surface area contributed by atoms with Gasteiger partial charge in [0.1, 0.15) is 5.82 Å². The van der Waals surface area contributed by atoms with Crippen LogP contribution in [0.4, 0.5) is 0 Å². The lowest BCUT2D eigenvalue weighted by Crippen LogP contribution is -2.38. The number of carbonyl (C=O) groups is 1. The highest BCUT2D eigenvalue weighted by Gasteiger charge is 2.19. The highest BCUT2D eigenvalue weighted by Crippen LogP contribution is 2.18. The Kier molecular flexibility index (Phi) is 5.73. The number of hydrogen-bond acceptors (Lipinski definition) is 4. The van der Waals surface area contributed by atoms with Crippen LogP contribution in [-0.4, -0.2) is 32.6 Å². The van der Waals surface area contributed by atoms with Gasteiger partial charge in [-0.05, 0) is 38.1 Å². The van der Waals surface area contributed by atoms with Gasteiger partial charge in [-0.25, -0.2) is 4.98 Å². The third kappa shape index (κ3) is 4.32. The van der Waals surface area contributed by atoms with Gasteiger partial charge < -0.3 is 9.88 Å². The molecule has 0 fully saturated rings. The van der Waals surface area contributed by atoms with Gasteiger partial charge in [0.15, 0.2) is 0 Å². The predicted molar refractivity (Wildman–Crippen MR) is 105 cm³/mol. The van der Waals surface area contributed by atoms with Crippen molar-refractivity contribution < 1.29 is 4.79 Å². The Hall–Kier alpha value is -2.60. The van der Waals surface area contributed by atoms with Crippen LogP contribution in [0.5, 0.6) is 0 Å². The molecule has 0 saturated carbocycles. The molecule has 1 aromatic heterocycles. The van der Waals surface area contributed by atoms with Crippen LogP contribution in [-0.2, 0) is 11.3 Å². The van der Waals surface area contributed by atoms with Gasteiger partial charge >= 0.3 is 0 Å². The summed E-state index contributed by atoms with van der Waals surface area (Å²) in [6, 6.07) is 17.1. The first-order valence-electron chi connectivity index (χ1n) is 8.50. The smallest absolute Gasteiger partial charge is 0.258 e. The minimum atomic E-state index is -0.180. The number of rotatable bonds is 6. The maximum Gasteiger partial charge on any atom is 0.258 e. The van der Waals surface area contributed by atoms with E-state index >= 15 is 0 Å². The number of aromatic amines is 1. The van der Waals surface area contributed by atoms with Gasteiger partial charge in [-0.3, -0.25) is 9.59 Å². The zero-order chi connectivity index (χ0) is 18.5. The summed E-state index contributed by atoms with van der Waals surface area (Å²) in [5.74, 6) is 0.866. The largest absolute Gasteiger partial charge is 0.332 e. The lowest BCUT2D eigenvalue weighted by molar-refractivity contribution is -0.130. The molecule has 5 nitrogen and oxygen atoms in total. The van der Waals surface area contributed by atoms with Crippen molar-refractivity contribution in [3.05, 3.63) is 70.8 Å². The Balaban J connectivity index is 1.76. The van der Waals surface area contributed by atoms with Crippen molar-refractivity contribution in [2.24, 2.45) is 0 Å². The van der Waals surface area contributed by atoms with Crippen LogP contribution in [0.15, 0.2) is 64.3 Å². The molecule has 0 aliphatic rings. The average molecular weight is 367 g/mol. The molecule has 2 aromatic carbocycles. The third-order valence-corrected chi connectivity index (χ3v) is 5.03. The molecule has 0 unspecified atom stereocenters. The fraction of sp³-hybridized carbons (Fsp3) is 0.250. The van der Waals surface area contributed by atoms with Crippen LogP contribution in [0, 0.1) is 0 Å². The lowest BCUT2D eigenvalue weighted by Gasteiger charge is -2.26. The van der Waals surface area contributed by atoms with E-state index in [9.17, 15) is 9.59 Å². The van der Waals surface area contributed by atoms with Crippen molar-refractivity contribution in [1.82, 2.24) is 14.9 Å². The quantitative estimate of drug-likeness (QED) is 0.678. The lowest BCUT2D eigenvalue weighted by atomic mass is 10.2. The van der Waals surface area contributed by atoms with Crippen molar-refractivity contribution in [1.29, 1.82) is 0 Å². The molecule has 3 aromatic rings. The highest BCUT2D eigenvalue weighted by atomic mass is 32.2. The van der Waals surface area contributed by atoms with Gasteiger partial charge in [-0.2, -0.15) is 0 Å². The molecule has 0 spiro atoms. The summed E-state index contributed by atoms with van der Waals surface area (Å²) in [5, 5.41) is 0.554. The van der Waals surface area contributed by atoms with Crippen LogP contribution >= 0.6 is 11.8 Å². The van der Waals surface area contributed by atoms with Crippen molar-refractivity contribution >= 4 is 28.6 Å². The number of aromatic nitrogens is 2. The second kappa shape index (κ2) is 8.19. The fourth-order valence-corrected chi connectivity index (χ4v) is 3.48. The molecule has 0 bridgehead atoms. The molecule has 1 amide bonds. The molecule has 26 heavy (non-hydrogen) atoms. The summed E-state index contributed by atoms with van der Waals surface area (Å²) in [4.78, 5) is 35.0. The fourth-order valence-electron chi connectivity index (χ4n) is 2.67. The Morgan fingerprint density at radius 1 is 1.12 bits per heavy atom. The first-order chi connectivity index (χ1) is 12.5. The maximum absolute atomic E-state index is 12.7. The summed E-state index contributed by atoms with van der Waals surface area (Å²) in [6.45, 7) is 4.21. The summed E-state index contributed by atoms with van der Waals surface area (Å²) >= 11 is 1.51. The van der Waals surface area contributed by atoms with E-state index < -0.39 is 0 Å². The molecular weight excluding hydrogens is 346 g/mol. The first kappa shape index (κ1) is 18.2. The number of para-hydroxylation sites is 1. The zero-order valence-electron chi connectivity index (χ0n) is 14.8. The van der Waals surface area contributed by atoms with Crippen molar-refractivity contribution in [3.63, 3.8) is 0 Å². The van der Waals surface area contributed by atoms with Crippen molar-refractivity contribution in [2.45, 2.75) is 31.3 Å². The number of hydrogen-bond donors (Lipinski definition) is 1. The van der Waals surface area contributed by atoms with Crippen LogP contribution in [0.3, 0.4) is 0 Å². The van der Waals surface area contributed by atoms with Gasteiger partial charge in [0.25, 0.3) is 5.56 Å². The summed E-state index contributed by atoms with van der Waals surface area (Å²) in [5.41, 5.74) is 0.460. The monoisotopic (exact) mass is 367 g/mol. The molecule has 0 radical (unpaired) electrons. The minimum Gasteiger partial charge on any atom is -0.332 e. The molecule has 0 aliphatic heterocycles. The van der Waals surface area contributed by atoms with E-state index in [1.54, 1.807) is 17.0 Å². The Bertz CT molecular complexity index is 954. The number of H-pyrrole nitrogens is 1. The molecule has 1 N–H and O–H groups in total. The van der Waals surface area contributed by atoms with Crippen LogP contribution in [0.25, 0.3) is 10.9 Å². The van der Waals surface area contributed by atoms with E-state index in [0.29, 0.717) is 22.5 Å². The second-order valence-corrected chi connectivity index (χ2v) is 7.30. The normalized spacial score (nSPS) is 11.0. The number of nitrogens with zero attached hydrogens (tertiary/aromatic N) is 2. The van der Waals surface area contributed by atoms with Crippen LogP contribution in [0.1, 0.15) is 19.7 Å². The Morgan fingerprint density at radius 2 is 1.81 bits per heavy atom. The van der Waals surface area contributed by atoms with E-state index in [4.69, 9.17) is 0 Å². The maximum atomic E-state index is 12.7. The minimum absolute atomic E-state index is 0.00986. The number of carbonyl (C=O) groups excluding carboxylic acids is 1. The van der Waals surface area contributed by atoms with Gasteiger partial charge in [0.2, 0.25) is 5.91 Å². The van der Waals surface area contributed by atoms with Gasteiger partial charge in [0, 0.05) is 10.9 Å². The molecule has 0 atom stereocenters. The van der Waals surface area contributed by atoms with E-state index in [-0.39, 0.29) is 24.1 Å². The Morgan fingerprint density at radius 3 is 2.54 bits per heavy atom. The molecule has 134 valence electrons. The number of amides is 1. The van der Waals surface area contributed by atoms with Crippen molar-refractivity contribution in [2.75, 3.05) is 5.75 Å². The molecule has 0 aliphatic carbocycles. The SMILES string of the molecule is CC(C)N(Cc1nc2ccccc2c(=O)[nH]1)C(=O)CSc1ccccc1. The van der Waals surface area contributed by atoms with Crippen LogP contribution < -0.4 is 5.56 Å². The third-order valence-electron chi connectivity index (χ3n) is 4.03. The van der Waals surface area contributed by atoms with E-state index in [2.05, 4.69) is 9.97 Å². The van der Waals surface area contributed by atoms with Crippen LogP contribution in [0.2, 0.25) is 0 Å².